The number of anilines is 1. The minimum Gasteiger partial charge on any atom is -0.369 e. The molecule has 0 radical (unpaired) electrons. The molecule has 2 aromatic rings. The lowest BCUT2D eigenvalue weighted by atomic mass is 10.2. The molecule has 3 N–H and O–H groups in total. The average Bonchev–Trinajstić information content (AvgIpc) is 3.18. The third-order valence-electron chi connectivity index (χ3n) is 3.79. The van der Waals surface area contributed by atoms with Crippen LogP contribution in [-0.2, 0) is 11.3 Å². The maximum absolute atomic E-state index is 13.5. The molecule has 112 valence electrons. The van der Waals surface area contributed by atoms with E-state index in [2.05, 4.69) is 10.3 Å². The molecule has 1 saturated carbocycles. The fourth-order valence-corrected chi connectivity index (χ4v) is 2.43. The van der Waals surface area contributed by atoms with Crippen LogP contribution in [0.3, 0.4) is 0 Å². The number of hydrogen-bond acceptors (Lipinski definition) is 3. The van der Waals surface area contributed by atoms with Crippen molar-refractivity contribution < 1.29 is 9.18 Å². The largest absolute Gasteiger partial charge is 0.369 e. The van der Waals surface area contributed by atoms with E-state index >= 15 is 0 Å². The van der Waals surface area contributed by atoms with Crippen LogP contribution in [0.15, 0.2) is 12.1 Å². The van der Waals surface area contributed by atoms with Crippen molar-refractivity contribution in [3.8, 4) is 0 Å². The molecule has 1 heterocycles. The van der Waals surface area contributed by atoms with Gasteiger partial charge in [0.25, 0.3) is 0 Å². The minimum atomic E-state index is -0.282. The number of carbonyl (C=O) groups excluding carboxylic acids is 1. The highest BCUT2D eigenvalue weighted by Crippen LogP contribution is 2.22. The fourth-order valence-electron chi connectivity index (χ4n) is 2.43. The summed E-state index contributed by atoms with van der Waals surface area (Å²) >= 11 is 0. The Morgan fingerprint density at radius 3 is 3.00 bits per heavy atom. The van der Waals surface area contributed by atoms with Gasteiger partial charge < -0.3 is 15.6 Å². The molecule has 1 aromatic heterocycles. The predicted octanol–water partition coefficient (Wildman–Crippen LogP) is 2.12. The van der Waals surface area contributed by atoms with E-state index in [1.165, 1.54) is 6.07 Å². The summed E-state index contributed by atoms with van der Waals surface area (Å²) in [5.41, 5.74) is 7.82. The van der Waals surface area contributed by atoms with E-state index in [1.54, 1.807) is 13.0 Å². The molecule has 0 bridgehead atoms. The van der Waals surface area contributed by atoms with E-state index in [0.717, 1.165) is 18.4 Å². The molecule has 1 aromatic carbocycles. The van der Waals surface area contributed by atoms with Crippen LogP contribution in [0, 0.1) is 12.7 Å². The van der Waals surface area contributed by atoms with Crippen LogP contribution in [0.1, 0.15) is 31.2 Å². The fraction of sp³-hybridized carbons (Fsp3) is 0.467. The molecule has 21 heavy (non-hydrogen) atoms. The van der Waals surface area contributed by atoms with Gasteiger partial charge in [-0.15, -0.1) is 0 Å². The SMILES string of the molecule is Cc1cc2c(cc1F)nc(N)n2CCCC(=O)NC1CC1. The summed E-state index contributed by atoms with van der Waals surface area (Å²) in [6.07, 6.45) is 3.34. The molecule has 5 nitrogen and oxygen atoms in total. The lowest BCUT2D eigenvalue weighted by Gasteiger charge is -2.07. The number of imidazole rings is 1. The van der Waals surface area contributed by atoms with Gasteiger partial charge in [-0.3, -0.25) is 4.79 Å². The molecule has 0 saturated heterocycles. The van der Waals surface area contributed by atoms with Gasteiger partial charge in [0.2, 0.25) is 11.9 Å². The third-order valence-corrected chi connectivity index (χ3v) is 3.79. The van der Waals surface area contributed by atoms with E-state index in [9.17, 15) is 9.18 Å². The van der Waals surface area contributed by atoms with Crippen molar-refractivity contribution in [3.63, 3.8) is 0 Å². The molecule has 0 atom stereocenters. The summed E-state index contributed by atoms with van der Waals surface area (Å²) in [5.74, 6) is 0.163. The summed E-state index contributed by atoms with van der Waals surface area (Å²) in [4.78, 5) is 15.8. The average molecular weight is 290 g/mol. The zero-order valence-electron chi connectivity index (χ0n) is 12.0. The standard InChI is InChI=1S/C15H19FN4O/c1-9-7-13-12(8-11(9)16)19-15(17)20(13)6-2-3-14(21)18-10-4-5-10/h7-8,10H,2-6H2,1H3,(H2,17,19)(H,18,21). The lowest BCUT2D eigenvalue weighted by Crippen LogP contribution is -2.25. The smallest absolute Gasteiger partial charge is 0.220 e. The minimum absolute atomic E-state index is 0.0858. The van der Waals surface area contributed by atoms with Gasteiger partial charge in [0.05, 0.1) is 11.0 Å². The highest BCUT2D eigenvalue weighted by molar-refractivity contribution is 5.79. The molecule has 1 aliphatic carbocycles. The van der Waals surface area contributed by atoms with Gasteiger partial charge in [0, 0.05) is 25.1 Å². The number of aromatic nitrogens is 2. The van der Waals surface area contributed by atoms with E-state index < -0.39 is 0 Å². The number of halogens is 1. The van der Waals surface area contributed by atoms with Gasteiger partial charge in [-0.1, -0.05) is 0 Å². The molecular weight excluding hydrogens is 271 g/mol. The number of nitrogens with one attached hydrogen (secondary N) is 1. The molecule has 1 aliphatic rings. The highest BCUT2D eigenvalue weighted by atomic mass is 19.1. The molecule has 1 amide bonds. The van der Waals surface area contributed by atoms with Gasteiger partial charge in [0.15, 0.2) is 0 Å². The van der Waals surface area contributed by atoms with Gasteiger partial charge in [-0.05, 0) is 37.8 Å². The second kappa shape index (κ2) is 5.35. The third kappa shape index (κ3) is 2.99. The van der Waals surface area contributed by atoms with Gasteiger partial charge in [-0.2, -0.15) is 0 Å². The van der Waals surface area contributed by atoms with Crippen LogP contribution in [-0.4, -0.2) is 21.5 Å². The molecule has 0 aliphatic heterocycles. The Balaban J connectivity index is 1.69. The molecule has 0 spiro atoms. The number of nitrogens with zero attached hydrogens (tertiary/aromatic N) is 2. The first kappa shape index (κ1) is 13.9. The number of benzene rings is 1. The number of nitrogen functional groups attached to an aromatic ring is 1. The first-order valence-electron chi connectivity index (χ1n) is 7.26. The van der Waals surface area contributed by atoms with Crippen LogP contribution in [0.2, 0.25) is 0 Å². The Labute approximate surface area is 122 Å². The topological polar surface area (TPSA) is 72.9 Å². The van der Waals surface area contributed by atoms with Crippen molar-refractivity contribution in [2.24, 2.45) is 0 Å². The number of rotatable bonds is 5. The van der Waals surface area contributed by atoms with Gasteiger partial charge >= 0.3 is 0 Å². The molecular formula is C15H19FN4O. The Kier molecular flexibility index (Phi) is 3.53. The first-order chi connectivity index (χ1) is 10.0. The van der Waals surface area contributed by atoms with Gasteiger partial charge in [0.1, 0.15) is 5.82 Å². The summed E-state index contributed by atoms with van der Waals surface area (Å²) in [7, 11) is 0. The number of amides is 1. The van der Waals surface area contributed by atoms with E-state index in [4.69, 9.17) is 5.73 Å². The van der Waals surface area contributed by atoms with Crippen molar-refractivity contribution in [2.75, 3.05) is 5.73 Å². The first-order valence-corrected chi connectivity index (χ1v) is 7.26. The quantitative estimate of drug-likeness (QED) is 0.886. The Morgan fingerprint density at radius 2 is 2.29 bits per heavy atom. The summed E-state index contributed by atoms with van der Waals surface area (Å²) in [5, 5.41) is 2.96. The maximum atomic E-state index is 13.5. The molecule has 1 fully saturated rings. The van der Waals surface area contributed by atoms with Crippen molar-refractivity contribution in [2.45, 2.75) is 45.2 Å². The Bertz CT molecular complexity index is 691. The Morgan fingerprint density at radius 1 is 1.52 bits per heavy atom. The lowest BCUT2D eigenvalue weighted by molar-refractivity contribution is -0.121. The number of hydrogen-bond donors (Lipinski definition) is 2. The van der Waals surface area contributed by atoms with E-state index in [1.807, 2.05) is 4.57 Å². The van der Waals surface area contributed by atoms with Crippen LogP contribution < -0.4 is 11.1 Å². The normalized spacial score (nSPS) is 14.6. The summed E-state index contributed by atoms with van der Waals surface area (Å²) in [6, 6.07) is 3.54. The van der Waals surface area contributed by atoms with Crippen molar-refractivity contribution in [1.29, 1.82) is 0 Å². The predicted molar refractivity (Wildman–Crippen MR) is 79.2 cm³/mol. The summed E-state index contributed by atoms with van der Waals surface area (Å²) in [6.45, 7) is 2.32. The van der Waals surface area contributed by atoms with Crippen LogP contribution in [0.5, 0.6) is 0 Å². The van der Waals surface area contributed by atoms with Gasteiger partial charge in [-0.25, -0.2) is 9.37 Å². The second-order valence-electron chi connectivity index (χ2n) is 5.66. The zero-order chi connectivity index (χ0) is 15.0. The van der Waals surface area contributed by atoms with E-state index in [0.29, 0.717) is 42.5 Å². The van der Waals surface area contributed by atoms with Crippen LogP contribution >= 0.6 is 0 Å². The molecule has 0 unspecified atom stereocenters. The van der Waals surface area contributed by atoms with E-state index in [-0.39, 0.29) is 11.7 Å². The Hall–Kier alpha value is -2.11. The summed E-state index contributed by atoms with van der Waals surface area (Å²) < 4.78 is 15.4. The number of aryl methyl sites for hydroxylation is 2. The molecule has 3 rings (SSSR count). The van der Waals surface area contributed by atoms with Crippen LogP contribution in [0.4, 0.5) is 10.3 Å². The maximum Gasteiger partial charge on any atom is 0.220 e. The van der Waals surface area contributed by atoms with Crippen molar-refractivity contribution in [3.05, 3.63) is 23.5 Å². The molecule has 6 heteroatoms. The zero-order valence-corrected chi connectivity index (χ0v) is 12.0. The number of fused-ring (bicyclic) bond motifs is 1. The number of nitrogens with two attached hydrogens (primary N) is 1. The number of carbonyl (C=O) groups is 1. The van der Waals surface area contributed by atoms with Crippen molar-refractivity contribution >= 4 is 22.9 Å². The monoisotopic (exact) mass is 290 g/mol. The van der Waals surface area contributed by atoms with Crippen molar-refractivity contribution in [1.82, 2.24) is 14.9 Å². The highest BCUT2D eigenvalue weighted by Gasteiger charge is 2.22. The van der Waals surface area contributed by atoms with Crippen LogP contribution in [0.25, 0.3) is 11.0 Å². The second-order valence-corrected chi connectivity index (χ2v) is 5.66.